The molecule has 2 rings (SSSR count). The van der Waals surface area contributed by atoms with Crippen LogP contribution in [0.5, 0.6) is 0 Å². The minimum atomic E-state index is -2.66. The molecule has 1 saturated carbocycles. The second kappa shape index (κ2) is 4.13. The summed E-state index contributed by atoms with van der Waals surface area (Å²) in [6.45, 7) is 1.88. The van der Waals surface area contributed by atoms with Crippen molar-refractivity contribution in [2.24, 2.45) is 11.7 Å². The Balaban J connectivity index is 2.21. The molecule has 1 aliphatic rings. The molecule has 1 unspecified atom stereocenters. The zero-order valence-electron chi connectivity index (χ0n) is 9.42. The quantitative estimate of drug-likeness (QED) is 0.837. The fourth-order valence-electron chi connectivity index (χ4n) is 1.96. The van der Waals surface area contributed by atoms with Crippen LogP contribution in [0, 0.1) is 5.92 Å². The lowest BCUT2D eigenvalue weighted by Gasteiger charge is -2.17. The molecule has 2 N–H and O–H groups in total. The smallest absolute Gasteiger partial charge is 0.276 e. The van der Waals surface area contributed by atoms with Crippen molar-refractivity contribution in [3.05, 3.63) is 35.4 Å². The van der Waals surface area contributed by atoms with Gasteiger partial charge in [-0.25, -0.2) is 8.78 Å². The Hall–Kier alpha value is -0.960. The highest BCUT2D eigenvalue weighted by Crippen LogP contribution is 2.49. The molecule has 1 fully saturated rings. The zero-order chi connectivity index (χ0) is 11.8. The molecule has 0 aromatic heterocycles. The largest absolute Gasteiger partial charge is 0.328 e. The van der Waals surface area contributed by atoms with Gasteiger partial charge in [-0.05, 0) is 37.8 Å². The molecule has 0 spiro atoms. The third-order valence-corrected chi connectivity index (χ3v) is 2.96. The van der Waals surface area contributed by atoms with E-state index in [0.29, 0.717) is 19.3 Å². The monoisotopic (exact) mass is 225 g/mol. The van der Waals surface area contributed by atoms with Crippen LogP contribution in [0.4, 0.5) is 8.78 Å². The van der Waals surface area contributed by atoms with Crippen molar-refractivity contribution in [2.45, 2.75) is 38.2 Å². The summed E-state index contributed by atoms with van der Waals surface area (Å²) in [5.41, 5.74) is 6.71. The highest BCUT2D eigenvalue weighted by atomic mass is 19.3. The van der Waals surface area contributed by atoms with E-state index in [1.165, 1.54) is 6.07 Å². The van der Waals surface area contributed by atoms with Crippen molar-refractivity contribution < 1.29 is 8.78 Å². The SMILES string of the molecule is CC(N)Cc1cccc(C(F)(F)C2CC2)c1. The number of nitrogens with two attached hydrogens (primary N) is 1. The molecule has 1 atom stereocenters. The Labute approximate surface area is 94.7 Å². The number of halogens is 2. The Kier molecular flexibility index (Phi) is 2.98. The van der Waals surface area contributed by atoms with Crippen LogP contribution in [0.3, 0.4) is 0 Å². The maximum atomic E-state index is 13.8. The van der Waals surface area contributed by atoms with E-state index in [4.69, 9.17) is 5.73 Å². The summed E-state index contributed by atoms with van der Waals surface area (Å²) in [4.78, 5) is 0. The van der Waals surface area contributed by atoms with Crippen LogP contribution in [-0.2, 0) is 12.3 Å². The summed E-state index contributed by atoms with van der Waals surface area (Å²) in [7, 11) is 0. The number of hydrogen-bond donors (Lipinski definition) is 1. The van der Waals surface area contributed by atoms with Crippen molar-refractivity contribution >= 4 is 0 Å². The number of benzene rings is 1. The molecule has 0 bridgehead atoms. The van der Waals surface area contributed by atoms with Gasteiger partial charge >= 0.3 is 0 Å². The second-order valence-corrected chi connectivity index (χ2v) is 4.78. The molecule has 88 valence electrons. The maximum absolute atomic E-state index is 13.8. The van der Waals surface area contributed by atoms with Gasteiger partial charge in [-0.3, -0.25) is 0 Å². The summed E-state index contributed by atoms with van der Waals surface area (Å²) in [5, 5.41) is 0. The summed E-state index contributed by atoms with van der Waals surface area (Å²) in [6, 6.07) is 6.67. The van der Waals surface area contributed by atoms with E-state index in [2.05, 4.69) is 0 Å². The Bertz CT molecular complexity index is 370. The van der Waals surface area contributed by atoms with E-state index in [1.54, 1.807) is 12.1 Å². The third-order valence-electron chi connectivity index (χ3n) is 2.96. The van der Waals surface area contributed by atoms with E-state index in [1.807, 2.05) is 13.0 Å². The number of alkyl halides is 2. The van der Waals surface area contributed by atoms with Crippen LogP contribution in [0.1, 0.15) is 30.9 Å². The Morgan fingerprint density at radius 2 is 2.12 bits per heavy atom. The molecule has 0 radical (unpaired) electrons. The number of rotatable bonds is 4. The van der Waals surface area contributed by atoms with Gasteiger partial charge in [0.2, 0.25) is 0 Å². The standard InChI is InChI=1S/C13H17F2N/c1-9(16)7-10-3-2-4-12(8-10)13(14,15)11-5-6-11/h2-4,8-9,11H,5-7,16H2,1H3. The molecule has 16 heavy (non-hydrogen) atoms. The summed E-state index contributed by atoms with van der Waals surface area (Å²) >= 11 is 0. The molecule has 0 aliphatic heterocycles. The fourth-order valence-corrected chi connectivity index (χ4v) is 1.96. The van der Waals surface area contributed by atoms with Crippen molar-refractivity contribution in [3.63, 3.8) is 0 Å². The van der Waals surface area contributed by atoms with Gasteiger partial charge in [0.05, 0.1) is 0 Å². The van der Waals surface area contributed by atoms with Crippen LogP contribution >= 0.6 is 0 Å². The molecule has 0 amide bonds. The van der Waals surface area contributed by atoms with Crippen LogP contribution in [0.15, 0.2) is 24.3 Å². The zero-order valence-corrected chi connectivity index (χ0v) is 9.42. The van der Waals surface area contributed by atoms with Crippen LogP contribution in [0.2, 0.25) is 0 Å². The molecule has 1 aliphatic carbocycles. The van der Waals surface area contributed by atoms with E-state index in [0.717, 1.165) is 5.56 Å². The predicted molar refractivity (Wildman–Crippen MR) is 60.4 cm³/mol. The lowest BCUT2D eigenvalue weighted by molar-refractivity contribution is -0.0286. The minimum Gasteiger partial charge on any atom is -0.328 e. The van der Waals surface area contributed by atoms with E-state index in [9.17, 15) is 8.78 Å². The van der Waals surface area contributed by atoms with E-state index in [-0.39, 0.29) is 11.6 Å². The number of hydrogen-bond acceptors (Lipinski definition) is 1. The van der Waals surface area contributed by atoms with E-state index >= 15 is 0 Å². The van der Waals surface area contributed by atoms with Gasteiger partial charge in [0.15, 0.2) is 0 Å². The highest BCUT2D eigenvalue weighted by Gasteiger charge is 2.47. The van der Waals surface area contributed by atoms with Gasteiger partial charge in [-0.2, -0.15) is 0 Å². The van der Waals surface area contributed by atoms with Crippen molar-refractivity contribution in [1.29, 1.82) is 0 Å². The predicted octanol–water partition coefficient (Wildman–Crippen LogP) is 3.08. The fraction of sp³-hybridized carbons (Fsp3) is 0.538. The highest BCUT2D eigenvalue weighted by molar-refractivity contribution is 5.28. The Morgan fingerprint density at radius 1 is 1.44 bits per heavy atom. The van der Waals surface area contributed by atoms with Crippen LogP contribution in [0.25, 0.3) is 0 Å². The lowest BCUT2D eigenvalue weighted by atomic mass is 9.99. The Morgan fingerprint density at radius 3 is 2.69 bits per heavy atom. The molecule has 0 saturated heterocycles. The average Bonchev–Trinajstić information content (AvgIpc) is 3.00. The first kappa shape index (κ1) is 11.5. The second-order valence-electron chi connectivity index (χ2n) is 4.78. The first-order valence-corrected chi connectivity index (χ1v) is 5.73. The topological polar surface area (TPSA) is 26.0 Å². The van der Waals surface area contributed by atoms with Gasteiger partial charge < -0.3 is 5.73 Å². The summed E-state index contributed by atoms with van der Waals surface area (Å²) < 4.78 is 27.7. The van der Waals surface area contributed by atoms with Crippen LogP contribution in [-0.4, -0.2) is 6.04 Å². The molecule has 3 heteroatoms. The van der Waals surface area contributed by atoms with Gasteiger partial charge in [-0.15, -0.1) is 0 Å². The molecular formula is C13H17F2N. The summed E-state index contributed by atoms with van der Waals surface area (Å²) in [5.74, 6) is -3.11. The van der Waals surface area contributed by atoms with Gasteiger partial charge in [0.25, 0.3) is 5.92 Å². The molecule has 1 aromatic carbocycles. The normalized spacial score (nSPS) is 18.5. The molecule has 0 heterocycles. The van der Waals surface area contributed by atoms with Gasteiger partial charge in [0, 0.05) is 17.5 Å². The van der Waals surface area contributed by atoms with Crippen molar-refractivity contribution in [3.8, 4) is 0 Å². The average molecular weight is 225 g/mol. The molecule has 1 nitrogen and oxygen atoms in total. The van der Waals surface area contributed by atoms with Gasteiger partial charge in [0.1, 0.15) is 0 Å². The van der Waals surface area contributed by atoms with Crippen LogP contribution < -0.4 is 5.73 Å². The minimum absolute atomic E-state index is 0.00444. The maximum Gasteiger partial charge on any atom is 0.276 e. The first-order chi connectivity index (χ1) is 7.50. The first-order valence-electron chi connectivity index (χ1n) is 5.73. The third kappa shape index (κ3) is 2.40. The molecular weight excluding hydrogens is 208 g/mol. The van der Waals surface area contributed by atoms with Crippen molar-refractivity contribution in [2.75, 3.05) is 0 Å². The van der Waals surface area contributed by atoms with Gasteiger partial charge in [-0.1, -0.05) is 18.2 Å². The molecule has 1 aromatic rings. The van der Waals surface area contributed by atoms with Crippen molar-refractivity contribution in [1.82, 2.24) is 0 Å². The lowest BCUT2D eigenvalue weighted by Crippen LogP contribution is -2.19. The summed E-state index contributed by atoms with van der Waals surface area (Å²) in [6.07, 6.45) is 1.93. The van der Waals surface area contributed by atoms with E-state index < -0.39 is 11.8 Å².